The molecule has 0 amide bonds. The number of likely N-dealkylation sites (N-methyl/N-ethyl adjacent to an activating group) is 1. The van der Waals surface area contributed by atoms with Gasteiger partial charge in [-0.25, -0.2) is 0 Å². The van der Waals surface area contributed by atoms with Crippen LogP contribution in [0.2, 0.25) is 0 Å². The number of hydrogen-bond acceptors (Lipinski definition) is 4. The Labute approximate surface area is 87.7 Å². The van der Waals surface area contributed by atoms with Gasteiger partial charge >= 0.3 is 5.97 Å². The van der Waals surface area contributed by atoms with Gasteiger partial charge in [-0.3, -0.25) is 4.79 Å². The minimum Gasteiger partial charge on any atom is -0.481 e. The summed E-state index contributed by atoms with van der Waals surface area (Å²) in [5.41, 5.74) is 2.08. The maximum absolute atomic E-state index is 10.5. The summed E-state index contributed by atoms with van der Waals surface area (Å²) >= 11 is 0. The fourth-order valence-corrected chi connectivity index (χ4v) is 1.82. The number of nitrogens with zero attached hydrogens (tertiary/aromatic N) is 2. The lowest BCUT2D eigenvalue weighted by Crippen LogP contribution is -2.26. The molecule has 0 spiro atoms. The van der Waals surface area contributed by atoms with Gasteiger partial charge in [-0.15, -0.1) is 0 Å². The van der Waals surface area contributed by atoms with Crippen LogP contribution in [0, 0.1) is 0 Å². The molecule has 2 rings (SSSR count). The van der Waals surface area contributed by atoms with Crippen molar-refractivity contribution < 1.29 is 14.4 Å². The predicted octanol–water partition coefficient (Wildman–Crippen LogP) is 0.680. The molecule has 0 bridgehead atoms. The van der Waals surface area contributed by atoms with Crippen LogP contribution in [0.3, 0.4) is 0 Å². The Morgan fingerprint density at radius 3 is 3.20 bits per heavy atom. The Balaban J connectivity index is 2.12. The standard InChI is InChI=1S/C10H14N2O3/c1-12-5-4-8-7(6-12)9(15-11-8)2-3-10(13)14/h2-6H2,1H3,(H,13,14). The van der Waals surface area contributed by atoms with Crippen LogP contribution in [0.15, 0.2) is 4.52 Å². The van der Waals surface area contributed by atoms with E-state index >= 15 is 0 Å². The van der Waals surface area contributed by atoms with Crippen LogP contribution in [0.4, 0.5) is 0 Å². The van der Waals surface area contributed by atoms with E-state index < -0.39 is 5.97 Å². The van der Waals surface area contributed by atoms with Crippen LogP contribution in [0.1, 0.15) is 23.4 Å². The van der Waals surface area contributed by atoms with Crippen LogP contribution >= 0.6 is 0 Å². The molecule has 5 heteroatoms. The summed E-state index contributed by atoms with van der Waals surface area (Å²) in [4.78, 5) is 12.6. The number of carbonyl (C=O) groups is 1. The van der Waals surface area contributed by atoms with Crippen molar-refractivity contribution in [3.05, 3.63) is 17.0 Å². The minimum absolute atomic E-state index is 0.103. The molecular weight excluding hydrogens is 196 g/mol. The fourth-order valence-electron chi connectivity index (χ4n) is 1.82. The van der Waals surface area contributed by atoms with E-state index in [0.29, 0.717) is 6.42 Å². The lowest BCUT2D eigenvalue weighted by Gasteiger charge is -2.20. The predicted molar refractivity (Wildman–Crippen MR) is 52.5 cm³/mol. The molecule has 1 aliphatic rings. The molecule has 0 saturated heterocycles. The summed E-state index contributed by atoms with van der Waals surface area (Å²) in [6.07, 6.45) is 1.43. The molecule has 0 unspecified atom stereocenters. The monoisotopic (exact) mass is 210 g/mol. The summed E-state index contributed by atoms with van der Waals surface area (Å²) in [7, 11) is 2.04. The first kappa shape index (κ1) is 10.2. The fraction of sp³-hybridized carbons (Fsp3) is 0.600. The molecule has 1 aromatic heterocycles. The van der Waals surface area contributed by atoms with Gasteiger partial charge < -0.3 is 14.5 Å². The summed E-state index contributed by atoms with van der Waals surface area (Å²) < 4.78 is 5.18. The first-order chi connectivity index (χ1) is 7.16. The molecule has 1 aliphatic heterocycles. The van der Waals surface area contributed by atoms with Gasteiger partial charge in [-0.2, -0.15) is 0 Å². The maximum atomic E-state index is 10.5. The van der Waals surface area contributed by atoms with Crippen LogP contribution < -0.4 is 0 Å². The van der Waals surface area contributed by atoms with Gasteiger partial charge in [0.25, 0.3) is 0 Å². The zero-order valence-corrected chi connectivity index (χ0v) is 8.69. The van der Waals surface area contributed by atoms with E-state index in [0.717, 1.165) is 36.5 Å². The second kappa shape index (κ2) is 4.02. The van der Waals surface area contributed by atoms with E-state index in [1.54, 1.807) is 0 Å². The summed E-state index contributed by atoms with van der Waals surface area (Å²) in [5, 5.41) is 12.6. The first-order valence-electron chi connectivity index (χ1n) is 5.03. The Bertz CT molecular complexity index is 373. The minimum atomic E-state index is -0.802. The van der Waals surface area contributed by atoms with Crippen LogP contribution in [0.25, 0.3) is 0 Å². The van der Waals surface area contributed by atoms with E-state index in [2.05, 4.69) is 10.1 Å². The zero-order chi connectivity index (χ0) is 10.8. The lowest BCUT2D eigenvalue weighted by molar-refractivity contribution is -0.137. The Morgan fingerprint density at radius 1 is 1.67 bits per heavy atom. The summed E-state index contributed by atoms with van der Waals surface area (Å²) in [5.74, 6) is -0.0664. The molecule has 82 valence electrons. The Kier molecular flexibility index (Phi) is 2.73. The molecule has 0 aliphatic carbocycles. The second-order valence-corrected chi connectivity index (χ2v) is 3.91. The van der Waals surface area contributed by atoms with Gasteiger partial charge in [-0.1, -0.05) is 5.16 Å². The van der Waals surface area contributed by atoms with Crippen molar-refractivity contribution in [1.82, 2.24) is 10.1 Å². The molecule has 0 atom stereocenters. The highest BCUT2D eigenvalue weighted by Gasteiger charge is 2.21. The van der Waals surface area contributed by atoms with Gasteiger partial charge in [0.1, 0.15) is 5.76 Å². The number of carboxylic acid groups (broad SMARTS) is 1. The largest absolute Gasteiger partial charge is 0.481 e. The third kappa shape index (κ3) is 2.18. The van der Waals surface area contributed by atoms with Crippen LogP contribution in [0.5, 0.6) is 0 Å². The third-order valence-corrected chi connectivity index (χ3v) is 2.68. The van der Waals surface area contributed by atoms with Crippen molar-refractivity contribution >= 4 is 5.97 Å². The maximum Gasteiger partial charge on any atom is 0.303 e. The number of aliphatic carboxylic acids is 1. The third-order valence-electron chi connectivity index (χ3n) is 2.68. The average molecular weight is 210 g/mol. The summed E-state index contributed by atoms with van der Waals surface area (Å²) in [6.45, 7) is 1.80. The van der Waals surface area contributed by atoms with E-state index in [4.69, 9.17) is 9.63 Å². The zero-order valence-electron chi connectivity index (χ0n) is 8.69. The quantitative estimate of drug-likeness (QED) is 0.794. The van der Waals surface area contributed by atoms with Crippen molar-refractivity contribution in [1.29, 1.82) is 0 Å². The molecular formula is C10H14N2O3. The van der Waals surface area contributed by atoms with Gasteiger partial charge in [0.05, 0.1) is 12.1 Å². The molecule has 0 fully saturated rings. The number of fused-ring (bicyclic) bond motifs is 1. The number of hydrogen-bond donors (Lipinski definition) is 1. The van der Waals surface area contributed by atoms with Crippen molar-refractivity contribution in [2.24, 2.45) is 0 Å². The van der Waals surface area contributed by atoms with Gasteiger partial charge in [-0.05, 0) is 7.05 Å². The SMILES string of the molecule is CN1CCc2noc(CCC(=O)O)c2C1. The van der Waals surface area contributed by atoms with Crippen LogP contribution in [-0.4, -0.2) is 34.7 Å². The van der Waals surface area contributed by atoms with Crippen molar-refractivity contribution in [2.45, 2.75) is 25.8 Å². The molecule has 15 heavy (non-hydrogen) atoms. The van der Waals surface area contributed by atoms with E-state index in [9.17, 15) is 4.79 Å². The van der Waals surface area contributed by atoms with Crippen molar-refractivity contribution in [2.75, 3.05) is 13.6 Å². The van der Waals surface area contributed by atoms with E-state index in [-0.39, 0.29) is 6.42 Å². The van der Waals surface area contributed by atoms with Gasteiger partial charge in [0, 0.05) is 31.5 Å². The van der Waals surface area contributed by atoms with Gasteiger partial charge in [0.15, 0.2) is 0 Å². The molecule has 0 saturated carbocycles. The smallest absolute Gasteiger partial charge is 0.303 e. The number of aryl methyl sites for hydroxylation is 1. The van der Waals surface area contributed by atoms with Crippen LogP contribution in [-0.2, 0) is 24.2 Å². The van der Waals surface area contributed by atoms with E-state index in [1.807, 2.05) is 7.05 Å². The average Bonchev–Trinajstić information content (AvgIpc) is 2.57. The highest BCUT2D eigenvalue weighted by Crippen LogP contribution is 2.22. The second-order valence-electron chi connectivity index (χ2n) is 3.91. The number of rotatable bonds is 3. The van der Waals surface area contributed by atoms with Gasteiger partial charge in [0.2, 0.25) is 0 Å². The van der Waals surface area contributed by atoms with Crippen molar-refractivity contribution in [3.63, 3.8) is 0 Å². The Hall–Kier alpha value is -1.36. The lowest BCUT2D eigenvalue weighted by atomic mass is 10.0. The normalized spacial score (nSPS) is 16.3. The molecule has 0 aromatic carbocycles. The molecule has 1 N–H and O–H groups in total. The van der Waals surface area contributed by atoms with Crippen molar-refractivity contribution in [3.8, 4) is 0 Å². The highest BCUT2D eigenvalue weighted by molar-refractivity contribution is 5.67. The highest BCUT2D eigenvalue weighted by atomic mass is 16.5. The molecule has 1 aromatic rings. The summed E-state index contributed by atoms with van der Waals surface area (Å²) in [6, 6.07) is 0. The number of aromatic nitrogens is 1. The number of carboxylic acids is 1. The molecule has 5 nitrogen and oxygen atoms in total. The molecule has 0 radical (unpaired) electrons. The Morgan fingerprint density at radius 2 is 2.47 bits per heavy atom. The molecule has 2 heterocycles. The topological polar surface area (TPSA) is 66.6 Å². The first-order valence-corrected chi connectivity index (χ1v) is 5.03. The van der Waals surface area contributed by atoms with E-state index in [1.165, 1.54) is 0 Å².